The van der Waals surface area contributed by atoms with Crippen molar-refractivity contribution in [3.8, 4) is 0 Å². The molecule has 2 heteroatoms. The molecule has 0 heterocycles. The summed E-state index contributed by atoms with van der Waals surface area (Å²) in [5.74, 6) is 0.912. The van der Waals surface area contributed by atoms with Gasteiger partial charge >= 0.3 is 0 Å². The molecule has 2 unspecified atom stereocenters. The normalized spacial score (nSPS) is 16.0. The van der Waals surface area contributed by atoms with Crippen LogP contribution < -0.4 is 0 Å². The van der Waals surface area contributed by atoms with Crippen LogP contribution in [0.25, 0.3) is 0 Å². The highest BCUT2D eigenvalue weighted by Crippen LogP contribution is 2.16. The number of aliphatic hydroxyl groups is 1. The summed E-state index contributed by atoms with van der Waals surface area (Å²) in [4.78, 5) is 0. The van der Waals surface area contributed by atoms with E-state index in [0.29, 0.717) is 5.25 Å². The van der Waals surface area contributed by atoms with E-state index in [2.05, 4.69) is 20.8 Å². The fraction of sp³-hybridized carbons (Fsp3) is 1.00. The van der Waals surface area contributed by atoms with Crippen molar-refractivity contribution in [1.82, 2.24) is 0 Å². The minimum absolute atomic E-state index is 0.0797. The summed E-state index contributed by atoms with van der Waals surface area (Å²) in [6.45, 7) is 6.57. The summed E-state index contributed by atoms with van der Waals surface area (Å²) in [5, 5.41) is 10.2. The quantitative estimate of drug-likeness (QED) is 0.666. The minimum Gasteiger partial charge on any atom is -0.392 e. The van der Waals surface area contributed by atoms with Gasteiger partial charge in [-0.15, -0.1) is 0 Å². The lowest BCUT2D eigenvalue weighted by molar-refractivity contribution is 0.185. The average Bonchev–Trinajstić information content (AvgIpc) is 2.10. The first-order valence-corrected chi connectivity index (χ1v) is 6.05. The highest BCUT2D eigenvalue weighted by Gasteiger charge is 2.05. The van der Waals surface area contributed by atoms with Crippen LogP contribution in [0.2, 0.25) is 0 Å². The lowest BCUT2D eigenvalue weighted by Crippen LogP contribution is -2.11. The van der Waals surface area contributed by atoms with Crippen molar-refractivity contribution >= 4 is 11.8 Å². The Morgan fingerprint density at radius 1 is 1.33 bits per heavy atom. The van der Waals surface area contributed by atoms with Crippen molar-refractivity contribution in [3.63, 3.8) is 0 Å². The van der Waals surface area contributed by atoms with E-state index in [9.17, 15) is 5.11 Å². The van der Waals surface area contributed by atoms with E-state index in [1.165, 1.54) is 12.8 Å². The third-order valence-corrected chi connectivity index (χ3v) is 3.52. The second-order valence-electron chi connectivity index (χ2n) is 3.35. The highest BCUT2D eigenvalue weighted by atomic mass is 32.2. The Morgan fingerprint density at radius 3 is 2.50 bits per heavy atom. The van der Waals surface area contributed by atoms with Crippen LogP contribution in [-0.4, -0.2) is 22.2 Å². The first kappa shape index (κ1) is 12.3. The molecule has 0 radical (unpaired) electrons. The Bertz CT molecular complexity index is 95.8. The Labute approximate surface area is 80.9 Å². The van der Waals surface area contributed by atoms with Crippen LogP contribution >= 0.6 is 11.8 Å². The lowest BCUT2D eigenvalue weighted by Gasteiger charge is -2.12. The summed E-state index contributed by atoms with van der Waals surface area (Å²) >= 11 is 1.88. The van der Waals surface area contributed by atoms with Crippen molar-refractivity contribution in [3.05, 3.63) is 0 Å². The molecule has 0 aliphatic carbocycles. The van der Waals surface area contributed by atoms with Crippen LogP contribution in [0.15, 0.2) is 0 Å². The molecule has 0 aromatic carbocycles. The van der Waals surface area contributed by atoms with E-state index in [0.717, 1.165) is 18.6 Å². The molecule has 2 atom stereocenters. The summed E-state index contributed by atoms with van der Waals surface area (Å²) < 4.78 is 0. The van der Waals surface area contributed by atoms with E-state index in [1.54, 1.807) is 0 Å². The molecule has 0 amide bonds. The minimum atomic E-state index is -0.0797. The van der Waals surface area contributed by atoms with Gasteiger partial charge < -0.3 is 5.11 Å². The van der Waals surface area contributed by atoms with Gasteiger partial charge in [0, 0.05) is 11.0 Å². The van der Waals surface area contributed by atoms with E-state index < -0.39 is 0 Å². The summed E-state index contributed by atoms with van der Waals surface area (Å²) in [6, 6.07) is 0. The topological polar surface area (TPSA) is 20.2 Å². The predicted octanol–water partition coefficient (Wildman–Crippen LogP) is 3.07. The zero-order valence-corrected chi connectivity index (χ0v) is 9.36. The first-order valence-electron chi connectivity index (χ1n) is 5.00. The monoisotopic (exact) mass is 190 g/mol. The Morgan fingerprint density at radius 2 is 2.00 bits per heavy atom. The molecule has 0 aromatic rings. The number of hydrogen-bond acceptors (Lipinski definition) is 2. The third-order valence-electron chi connectivity index (χ3n) is 2.04. The van der Waals surface area contributed by atoms with Gasteiger partial charge in [0.15, 0.2) is 0 Å². The van der Waals surface area contributed by atoms with Crippen molar-refractivity contribution in [2.75, 3.05) is 5.75 Å². The van der Waals surface area contributed by atoms with Crippen molar-refractivity contribution in [2.24, 2.45) is 0 Å². The molecule has 1 N–H and O–H groups in total. The van der Waals surface area contributed by atoms with Crippen LogP contribution in [0.5, 0.6) is 0 Å². The van der Waals surface area contributed by atoms with E-state index >= 15 is 0 Å². The first-order chi connectivity index (χ1) is 5.70. The summed E-state index contributed by atoms with van der Waals surface area (Å²) in [7, 11) is 0. The van der Waals surface area contributed by atoms with Gasteiger partial charge in [0.1, 0.15) is 0 Å². The number of thioether (sulfide) groups is 1. The summed E-state index contributed by atoms with van der Waals surface area (Å²) in [5.41, 5.74) is 0. The number of rotatable bonds is 7. The molecule has 1 nitrogen and oxygen atoms in total. The fourth-order valence-electron chi connectivity index (χ4n) is 0.916. The van der Waals surface area contributed by atoms with Crippen LogP contribution in [0, 0.1) is 0 Å². The molecule has 0 saturated carbocycles. The van der Waals surface area contributed by atoms with Crippen LogP contribution in [0.4, 0.5) is 0 Å². The Hall–Kier alpha value is 0.310. The van der Waals surface area contributed by atoms with E-state index in [1.807, 2.05) is 11.8 Å². The Balaban J connectivity index is 3.24. The predicted molar refractivity (Wildman–Crippen MR) is 57.7 cm³/mol. The van der Waals surface area contributed by atoms with Crippen molar-refractivity contribution in [1.29, 1.82) is 0 Å². The van der Waals surface area contributed by atoms with Crippen LogP contribution in [-0.2, 0) is 0 Å². The molecule has 0 bridgehead atoms. The molecule has 0 spiro atoms. The lowest BCUT2D eigenvalue weighted by atomic mass is 10.2. The van der Waals surface area contributed by atoms with Crippen molar-refractivity contribution in [2.45, 2.75) is 57.8 Å². The largest absolute Gasteiger partial charge is 0.392 e. The fourth-order valence-corrected chi connectivity index (χ4v) is 1.87. The molecule has 74 valence electrons. The smallest absolute Gasteiger partial charge is 0.0630 e. The van der Waals surface area contributed by atoms with Crippen molar-refractivity contribution < 1.29 is 5.11 Å². The van der Waals surface area contributed by atoms with Gasteiger partial charge in [0.05, 0.1) is 6.10 Å². The Kier molecular flexibility index (Phi) is 8.14. The molecule has 0 saturated heterocycles. The van der Waals surface area contributed by atoms with Gasteiger partial charge in [-0.25, -0.2) is 0 Å². The van der Waals surface area contributed by atoms with E-state index in [4.69, 9.17) is 0 Å². The zero-order chi connectivity index (χ0) is 9.40. The molecule has 0 aromatic heterocycles. The van der Waals surface area contributed by atoms with Gasteiger partial charge in [0.2, 0.25) is 0 Å². The maximum Gasteiger partial charge on any atom is 0.0630 e. The third kappa shape index (κ3) is 6.99. The second kappa shape index (κ2) is 7.93. The van der Waals surface area contributed by atoms with Crippen LogP contribution in [0.1, 0.15) is 46.5 Å². The standard InChI is InChI=1S/C10H22OS/c1-4-6-7-10(11)8-12-9(3)5-2/h9-11H,4-8H2,1-3H3. The molecule has 12 heavy (non-hydrogen) atoms. The second-order valence-corrected chi connectivity index (χ2v) is 4.82. The van der Waals surface area contributed by atoms with Gasteiger partial charge in [-0.2, -0.15) is 11.8 Å². The zero-order valence-electron chi connectivity index (χ0n) is 8.55. The maximum atomic E-state index is 9.50. The SMILES string of the molecule is CCCCC(O)CSC(C)CC. The number of aliphatic hydroxyl groups excluding tert-OH is 1. The van der Waals surface area contributed by atoms with Gasteiger partial charge in [0.25, 0.3) is 0 Å². The molecule has 0 fully saturated rings. The molecule has 0 rings (SSSR count). The maximum absolute atomic E-state index is 9.50. The van der Waals surface area contributed by atoms with Crippen LogP contribution in [0.3, 0.4) is 0 Å². The van der Waals surface area contributed by atoms with Gasteiger partial charge in [-0.05, 0) is 12.8 Å². The number of hydrogen-bond donors (Lipinski definition) is 1. The highest BCUT2D eigenvalue weighted by molar-refractivity contribution is 7.99. The average molecular weight is 190 g/mol. The molecular formula is C10H22OS. The molecule has 0 aliphatic heterocycles. The molecule has 0 aliphatic rings. The van der Waals surface area contributed by atoms with E-state index in [-0.39, 0.29) is 6.10 Å². The van der Waals surface area contributed by atoms with Gasteiger partial charge in [-0.1, -0.05) is 33.6 Å². The number of unbranched alkanes of at least 4 members (excludes halogenated alkanes) is 1. The molecular weight excluding hydrogens is 168 g/mol. The van der Waals surface area contributed by atoms with Gasteiger partial charge in [-0.3, -0.25) is 0 Å². The summed E-state index contributed by atoms with van der Waals surface area (Å²) in [6.07, 6.45) is 4.43.